The standard InChI is InChI=1S/C25H23FN2O3/c26-19-7-10-23-24(13-19)31-28-25(23)16-5-8-22(9-6-16)30-15-21(29)14-27-20-11-17-3-1-2-4-18(17)12-20/h1-10,13,20-21,27,29H,11-12,14-15H2/t21-/m0/s1. The van der Waals surface area contributed by atoms with Crippen LogP contribution in [-0.2, 0) is 12.8 Å². The molecule has 0 unspecified atom stereocenters. The van der Waals surface area contributed by atoms with E-state index in [4.69, 9.17) is 9.26 Å². The number of nitrogens with zero attached hydrogens (tertiary/aromatic N) is 1. The van der Waals surface area contributed by atoms with Crippen molar-refractivity contribution in [2.24, 2.45) is 0 Å². The highest BCUT2D eigenvalue weighted by molar-refractivity contribution is 5.91. The van der Waals surface area contributed by atoms with E-state index >= 15 is 0 Å². The largest absolute Gasteiger partial charge is 0.491 e. The molecule has 3 aromatic carbocycles. The van der Waals surface area contributed by atoms with Gasteiger partial charge in [-0.15, -0.1) is 0 Å². The molecule has 1 atom stereocenters. The number of fused-ring (bicyclic) bond motifs is 2. The number of rotatable bonds is 7. The second kappa shape index (κ2) is 8.49. The summed E-state index contributed by atoms with van der Waals surface area (Å²) in [6.07, 6.45) is 1.39. The maximum absolute atomic E-state index is 13.3. The van der Waals surface area contributed by atoms with Crippen molar-refractivity contribution in [3.63, 3.8) is 0 Å². The van der Waals surface area contributed by atoms with E-state index in [1.54, 1.807) is 6.07 Å². The normalized spacial score (nSPS) is 14.6. The average Bonchev–Trinajstić information content (AvgIpc) is 3.40. The van der Waals surface area contributed by atoms with Gasteiger partial charge in [-0.1, -0.05) is 29.4 Å². The van der Waals surface area contributed by atoms with Crippen LogP contribution in [-0.4, -0.2) is 35.6 Å². The van der Waals surface area contributed by atoms with Crippen molar-refractivity contribution >= 4 is 11.0 Å². The highest BCUT2D eigenvalue weighted by atomic mass is 19.1. The molecular weight excluding hydrogens is 395 g/mol. The fourth-order valence-corrected chi connectivity index (χ4v) is 4.09. The van der Waals surface area contributed by atoms with Crippen molar-refractivity contribution in [1.82, 2.24) is 10.5 Å². The number of aromatic nitrogens is 1. The average molecular weight is 418 g/mol. The van der Waals surface area contributed by atoms with Gasteiger partial charge in [0.05, 0.1) is 0 Å². The first-order valence-electron chi connectivity index (χ1n) is 10.4. The van der Waals surface area contributed by atoms with E-state index in [1.165, 1.54) is 23.3 Å². The highest BCUT2D eigenvalue weighted by Gasteiger charge is 2.21. The van der Waals surface area contributed by atoms with Crippen molar-refractivity contribution in [1.29, 1.82) is 0 Å². The van der Waals surface area contributed by atoms with Crippen LogP contribution in [0.1, 0.15) is 11.1 Å². The molecule has 4 aromatic rings. The summed E-state index contributed by atoms with van der Waals surface area (Å²) in [7, 11) is 0. The third-order valence-electron chi connectivity index (χ3n) is 5.70. The second-order valence-electron chi connectivity index (χ2n) is 7.94. The number of nitrogens with one attached hydrogen (secondary N) is 1. The zero-order valence-electron chi connectivity index (χ0n) is 16.9. The van der Waals surface area contributed by atoms with E-state index < -0.39 is 6.10 Å². The minimum absolute atomic E-state index is 0.207. The van der Waals surface area contributed by atoms with Crippen LogP contribution in [0.3, 0.4) is 0 Å². The van der Waals surface area contributed by atoms with Gasteiger partial charge in [0.2, 0.25) is 0 Å². The van der Waals surface area contributed by atoms with E-state index in [0.29, 0.717) is 29.6 Å². The molecule has 2 N–H and O–H groups in total. The zero-order chi connectivity index (χ0) is 21.2. The van der Waals surface area contributed by atoms with Crippen LogP contribution < -0.4 is 10.1 Å². The first kappa shape index (κ1) is 19.7. The van der Waals surface area contributed by atoms with E-state index in [1.807, 2.05) is 24.3 Å². The van der Waals surface area contributed by atoms with Gasteiger partial charge in [-0.25, -0.2) is 4.39 Å². The Kier molecular flexibility index (Phi) is 5.40. The van der Waals surface area contributed by atoms with Crippen LogP contribution in [0.15, 0.2) is 71.3 Å². The Labute approximate surface area is 179 Å². The van der Waals surface area contributed by atoms with E-state index in [2.05, 4.69) is 34.7 Å². The Balaban J connectivity index is 1.13. The number of aliphatic hydroxyl groups excluding tert-OH is 1. The van der Waals surface area contributed by atoms with Gasteiger partial charge in [-0.3, -0.25) is 0 Å². The van der Waals surface area contributed by atoms with Crippen molar-refractivity contribution in [3.05, 3.63) is 83.7 Å². The van der Waals surface area contributed by atoms with Crippen molar-refractivity contribution in [2.45, 2.75) is 25.0 Å². The number of aliphatic hydroxyl groups is 1. The molecule has 0 saturated carbocycles. The second-order valence-corrected chi connectivity index (χ2v) is 7.94. The number of benzene rings is 3. The maximum atomic E-state index is 13.3. The minimum atomic E-state index is -0.599. The summed E-state index contributed by atoms with van der Waals surface area (Å²) < 4.78 is 24.3. The fourth-order valence-electron chi connectivity index (χ4n) is 4.09. The monoisotopic (exact) mass is 418 g/mol. The lowest BCUT2D eigenvalue weighted by atomic mass is 10.1. The van der Waals surface area contributed by atoms with Crippen LogP contribution in [0, 0.1) is 5.82 Å². The van der Waals surface area contributed by atoms with Crippen molar-refractivity contribution in [3.8, 4) is 17.0 Å². The molecule has 0 aliphatic heterocycles. The molecule has 6 heteroatoms. The molecule has 0 saturated heterocycles. The summed E-state index contributed by atoms with van der Waals surface area (Å²) >= 11 is 0. The molecule has 0 radical (unpaired) electrons. The van der Waals surface area contributed by atoms with Gasteiger partial charge in [0, 0.05) is 29.6 Å². The Morgan fingerprint density at radius 2 is 1.81 bits per heavy atom. The third kappa shape index (κ3) is 4.31. The zero-order valence-corrected chi connectivity index (χ0v) is 16.9. The molecule has 31 heavy (non-hydrogen) atoms. The van der Waals surface area contributed by atoms with Crippen LogP contribution in [0.5, 0.6) is 5.75 Å². The van der Waals surface area contributed by atoms with Crippen molar-refractivity contribution < 1.29 is 18.8 Å². The van der Waals surface area contributed by atoms with Gasteiger partial charge in [0.15, 0.2) is 5.58 Å². The molecule has 1 aliphatic rings. The number of ether oxygens (including phenoxy) is 1. The minimum Gasteiger partial charge on any atom is -0.491 e. The molecule has 0 spiro atoms. The molecule has 5 rings (SSSR count). The SMILES string of the molecule is O[C@@H](CNC1Cc2ccccc2C1)COc1ccc(-c2noc3cc(F)ccc23)cc1. The van der Waals surface area contributed by atoms with E-state index in [9.17, 15) is 9.50 Å². The van der Waals surface area contributed by atoms with Gasteiger partial charge in [-0.05, 0) is 60.4 Å². The third-order valence-corrected chi connectivity index (χ3v) is 5.70. The summed E-state index contributed by atoms with van der Waals surface area (Å²) in [4.78, 5) is 0. The predicted octanol–water partition coefficient (Wildman–Crippen LogP) is 4.13. The molecule has 0 bridgehead atoms. The molecule has 0 fully saturated rings. The fraction of sp³-hybridized carbons (Fsp3) is 0.240. The van der Waals surface area contributed by atoms with Crippen LogP contribution in [0.25, 0.3) is 22.2 Å². The molecule has 1 aromatic heterocycles. The summed E-state index contributed by atoms with van der Waals surface area (Å²) in [5, 5.41) is 18.5. The van der Waals surface area contributed by atoms with Gasteiger partial charge in [0.1, 0.15) is 30.0 Å². The van der Waals surface area contributed by atoms with Gasteiger partial charge >= 0.3 is 0 Å². The number of hydrogen-bond donors (Lipinski definition) is 2. The Morgan fingerprint density at radius 1 is 1.06 bits per heavy atom. The van der Waals surface area contributed by atoms with E-state index in [0.717, 1.165) is 23.8 Å². The topological polar surface area (TPSA) is 67.5 Å². The summed E-state index contributed by atoms with van der Waals surface area (Å²) in [5.41, 5.74) is 4.69. The molecule has 1 aliphatic carbocycles. The molecule has 0 amide bonds. The summed E-state index contributed by atoms with van der Waals surface area (Å²) in [5.74, 6) is 0.305. The van der Waals surface area contributed by atoms with Gasteiger partial charge in [0.25, 0.3) is 0 Å². The highest BCUT2D eigenvalue weighted by Crippen LogP contribution is 2.29. The molecule has 1 heterocycles. The van der Waals surface area contributed by atoms with Crippen LogP contribution in [0.4, 0.5) is 4.39 Å². The lowest BCUT2D eigenvalue weighted by Gasteiger charge is -2.17. The first-order valence-corrected chi connectivity index (χ1v) is 10.4. The molecular formula is C25H23FN2O3. The van der Waals surface area contributed by atoms with Crippen LogP contribution in [0.2, 0.25) is 0 Å². The summed E-state index contributed by atoms with van der Waals surface area (Å²) in [6.45, 7) is 0.691. The quantitative estimate of drug-likeness (QED) is 0.472. The van der Waals surface area contributed by atoms with Crippen LogP contribution >= 0.6 is 0 Å². The van der Waals surface area contributed by atoms with Gasteiger partial charge < -0.3 is 19.7 Å². The number of hydrogen-bond acceptors (Lipinski definition) is 5. The van der Waals surface area contributed by atoms with Gasteiger partial charge in [-0.2, -0.15) is 0 Å². The molecule has 158 valence electrons. The molecule has 5 nitrogen and oxygen atoms in total. The predicted molar refractivity (Wildman–Crippen MR) is 117 cm³/mol. The smallest absolute Gasteiger partial charge is 0.170 e. The Morgan fingerprint density at radius 3 is 2.55 bits per heavy atom. The maximum Gasteiger partial charge on any atom is 0.170 e. The Bertz CT molecular complexity index is 1160. The van der Waals surface area contributed by atoms with Crippen molar-refractivity contribution in [2.75, 3.05) is 13.2 Å². The lowest BCUT2D eigenvalue weighted by molar-refractivity contribution is 0.104. The summed E-state index contributed by atoms with van der Waals surface area (Å²) in [6, 6.07) is 20.6. The lowest BCUT2D eigenvalue weighted by Crippen LogP contribution is -2.38. The first-order chi connectivity index (χ1) is 15.2. The Hall–Kier alpha value is -3.22. The number of halogens is 1. The van der Waals surface area contributed by atoms with E-state index in [-0.39, 0.29) is 12.4 Å².